The third kappa shape index (κ3) is 2.53. The normalized spacial score (nSPS) is 16.6. The Morgan fingerprint density at radius 2 is 2.04 bits per heavy atom. The summed E-state index contributed by atoms with van der Waals surface area (Å²) in [6.45, 7) is 3.61. The summed E-state index contributed by atoms with van der Waals surface area (Å²) in [4.78, 5) is 5.74. The van der Waals surface area contributed by atoms with Gasteiger partial charge in [-0.25, -0.2) is 0 Å². The van der Waals surface area contributed by atoms with Crippen molar-refractivity contribution in [2.45, 2.75) is 19.4 Å². The van der Waals surface area contributed by atoms with Crippen molar-refractivity contribution >= 4 is 28.2 Å². The van der Waals surface area contributed by atoms with Crippen molar-refractivity contribution in [3.63, 3.8) is 0 Å². The molecule has 1 N–H and O–H groups in total. The summed E-state index contributed by atoms with van der Waals surface area (Å²) in [7, 11) is 2.12. The molecular formula is C20H21ClN2O. The van der Waals surface area contributed by atoms with Crippen LogP contribution in [0.3, 0.4) is 0 Å². The predicted molar refractivity (Wildman–Crippen MR) is 101 cm³/mol. The maximum atomic E-state index is 6.22. The molecule has 1 aromatic heterocycles. The third-order valence-corrected chi connectivity index (χ3v) is 5.14. The van der Waals surface area contributed by atoms with Gasteiger partial charge in [-0.05, 0) is 24.1 Å². The Morgan fingerprint density at radius 1 is 1.25 bits per heavy atom. The van der Waals surface area contributed by atoms with Gasteiger partial charge >= 0.3 is 0 Å². The van der Waals surface area contributed by atoms with Gasteiger partial charge in [-0.1, -0.05) is 30.3 Å². The van der Waals surface area contributed by atoms with E-state index < -0.39 is 0 Å². The Balaban J connectivity index is 1.78. The van der Waals surface area contributed by atoms with Crippen molar-refractivity contribution < 1.29 is 4.74 Å². The first-order chi connectivity index (χ1) is 11.7. The van der Waals surface area contributed by atoms with E-state index in [0.717, 1.165) is 23.5 Å². The standard InChI is InChI=1S/C20H21ClN2O/c1-13-8-16-19-15(10-21)11-23(2)17(19)9-18(20(16)22-13)24-12-14-6-4-3-5-7-14/h3-9,15,22H,10-12H2,1-2H3. The largest absolute Gasteiger partial charge is 0.487 e. The summed E-state index contributed by atoms with van der Waals surface area (Å²) >= 11 is 6.22. The lowest BCUT2D eigenvalue weighted by Crippen LogP contribution is -2.15. The number of aryl methyl sites for hydroxylation is 1. The maximum absolute atomic E-state index is 6.22. The number of H-pyrrole nitrogens is 1. The lowest BCUT2D eigenvalue weighted by molar-refractivity contribution is 0.309. The van der Waals surface area contributed by atoms with E-state index in [1.54, 1.807) is 0 Å². The van der Waals surface area contributed by atoms with Crippen LogP contribution in [-0.4, -0.2) is 24.5 Å². The molecule has 0 bridgehead atoms. The van der Waals surface area contributed by atoms with Crippen LogP contribution in [-0.2, 0) is 6.61 Å². The number of likely N-dealkylation sites (N-methyl/N-ethyl adjacent to an activating group) is 1. The van der Waals surface area contributed by atoms with Crippen molar-refractivity contribution in [2.24, 2.45) is 0 Å². The fraction of sp³-hybridized carbons (Fsp3) is 0.300. The molecule has 0 fully saturated rings. The molecule has 1 aliphatic heterocycles. The average molecular weight is 341 g/mol. The van der Waals surface area contributed by atoms with Crippen LogP contribution < -0.4 is 9.64 Å². The summed E-state index contributed by atoms with van der Waals surface area (Å²) < 4.78 is 6.17. The molecule has 1 unspecified atom stereocenters. The Labute approximate surface area is 147 Å². The molecule has 0 spiro atoms. The summed E-state index contributed by atoms with van der Waals surface area (Å²) in [5, 5.41) is 1.24. The van der Waals surface area contributed by atoms with Gasteiger partial charge in [0.2, 0.25) is 0 Å². The van der Waals surface area contributed by atoms with Gasteiger partial charge in [-0.2, -0.15) is 0 Å². The van der Waals surface area contributed by atoms with Gasteiger partial charge in [0.25, 0.3) is 0 Å². The number of hydrogen-bond donors (Lipinski definition) is 1. The highest BCUT2D eigenvalue weighted by atomic mass is 35.5. The van der Waals surface area contributed by atoms with Gasteiger partial charge in [0.15, 0.2) is 0 Å². The molecule has 4 rings (SSSR count). The number of nitrogens with one attached hydrogen (secondary N) is 1. The fourth-order valence-electron chi connectivity index (χ4n) is 3.65. The average Bonchev–Trinajstić information content (AvgIpc) is 3.13. The van der Waals surface area contributed by atoms with Crippen molar-refractivity contribution in [1.29, 1.82) is 0 Å². The first-order valence-corrected chi connectivity index (χ1v) is 8.81. The number of fused-ring (bicyclic) bond motifs is 3. The number of nitrogens with zero attached hydrogens (tertiary/aromatic N) is 1. The molecular weight excluding hydrogens is 320 g/mol. The predicted octanol–water partition coefficient (Wildman–Crippen LogP) is 4.83. The maximum Gasteiger partial charge on any atom is 0.145 e. The van der Waals surface area contributed by atoms with E-state index in [9.17, 15) is 0 Å². The molecule has 2 aromatic carbocycles. The number of aromatic nitrogens is 1. The quantitative estimate of drug-likeness (QED) is 0.689. The van der Waals surface area contributed by atoms with Crippen LogP contribution in [0.25, 0.3) is 10.9 Å². The van der Waals surface area contributed by atoms with E-state index in [-0.39, 0.29) is 0 Å². The molecule has 3 nitrogen and oxygen atoms in total. The lowest BCUT2D eigenvalue weighted by Gasteiger charge is -2.15. The van der Waals surface area contributed by atoms with E-state index >= 15 is 0 Å². The Kier molecular flexibility index (Phi) is 3.89. The monoisotopic (exact) mass is 340 g/mol. The lowest BCUT2D eigenvalue weighted by atomic mass is 9.98. The molecule has 3 aromatic rings. The van der Waals surface area contributed by atoms with Gasteiger partial charge < -0.3 is 14.6 Å². The summed E-state index contributed by atoms with van der Waals surface area (Å²) in [6, 6.07) is 14.6. The van der Waals surface area contributed by atoms with Crippen LogP contribution in [0, 0.1) is 6.92 Å². The minimum Gasteiger partial charge on any atom is -0.487 e. The Bertz CT molecular complexity index is 872. The molecule has 0 saturated carbocycles. The highest BCUT2D eigenvalue weighted by Gasteiger charge is 2.30. The van der Waals surface area contributed by atoms with Gasteiger partial charge in [0.1, 0.15) is 12.4 Å². The second-order valence-corrected chi connectivity index (χ2v) is 6.86. The smallest absolute Gasteiger partial charge is 0.145 e. The summed E-state index contributed by atoms with van der Waals surface area (Å²) in [5.41, 5.74) is 5.97. The number of ether oxygens (including phenoxy) is 1. The second-order valence-electron chi connectivity index (χ2n) is 6.55. The van der Waals surface area contributed by atoms with Crippen LogP contribution in [0.1, 0.15) is 22.7 Å². The van der Waals surface area contributed by atoms with E-state index in [1.165, 1.54) is 22.2 Å². The minimum absolute atomic E-state index is 0.368. The number of halogens is 1. The van der Waals surface area contributed by atoms with Gasteiger partial charge in [0.05, 0.1) is 5.52 Å². The van der Waals surface area contributed by atoms with Crippen LogP contribution in [0.2, 0.25) is 0 Å². The number of aromatic amines is 1. The van der Waals surface area contributed by atoms with Crippen LogP contribution >= 0.6 is 11.6 Å². The van der Waals surface area contributed by atoms with Crippen molar-refractivity contribution in [2.75, 3.05) is 24.4 Å². The molecule has 0 saturated heterocycles. The first kappa shape index (κ1) is 15.4. The van der Waals surface area contributed by atoms with Crippen molar-refractivity contribution in [3.8, 4) is 5.75 Å². The van der Waals surface area contributed by atoms with Gasteiger partial charge in [-0.3, -0.25) is 0 Å². The van der Waals surface area contributed by atoms with Crippen LogP contribution in [0.15, 0.2) is 42.5 Å². The highest BCUT2D eigenvalue weighted by Crippen LogP contribution is 2.45. The Hall–Kier alpha value is -2.13. The number of anilines is 1. The van der Waals surface area contributed by atoms with E-state index in [4.69, 9.17) is 16.3 Å². The first-order valence-electron chi connectivity index (χ1n) is 8.27. The molecule has 124 valence electrons. The molecule has 0 radical (unpaired) electrons. The molecule has 1 aliphatic rings. The summed E-state index contributed by atoms with van der Waals surface area (Å²) in [6.07, 6.45) is 0. The van der Waals surface area contributed by atoms with Gasteiger partial charge in [0, 0.05) is 48.2 Å². The zero-order valence-corrected chi connectivity index (χ0v) is 14.7. The Morgan fingerprint density at radius 3 is 2.79 bits per heavy atom. The molecule has 4 heteroatoms. The third-order valence-electron chi connectivity index (χ3n) is 4.77. The number of hydrogen-bond acceptors (Lipinski definition) is 2. The minimum atomic E-state index is 0.368. The SMILES string of the molecule is Cc1cc2c3c(cc(OCc4ccccc4)c2[nH]1)N(C)CC3CCl. The van der Waals surface area contributed by atoms with E-state index in [0.29, 0.717) is 18.4 Å². The second kappa shape index (κ2) is 6.06. The van der Waals surface area contributed by atoms with Gasteiger partial charge in [-0.15, -0.1) is 11.6 Å². The molecule has 1 atom stereocenters. The number of benzene rings is 2. The van der Waals surface area contributed by atoms with Crippen molar-refractivity contribution in [1.82, 2.24) is 4.98 Å². The van der Waals surface area contributed by atoms with Crippen LogP contribution in [0.5, 0.6) is 5.75 Å². The summed E-state index contributed by atoms with van der Waals surface area (Å²) in [5.74, 6) is 1.91. The molecule has 24 heavy (non-hydrogen) atoms. The molecule has 2 heterocycles. The number of alkyl halides is 1. The molecule has 0 aliphatic carbocycles. The number of rotatable bonds is 4. The fourth-order valence-corrected chi connectivity index (χ4v) is 3.90. The van der Waals surface area contributed by atoms with E-state index in [2.05, 4.69) is 48.1 Å². The zero-order valence-electron chi connectivity index (χ0n) is 14.0. The highest BCUT2D eigenvalue weighted by molar-refractivity contribution is 6.18. The van der Waals surface area contributed by atoms with Crippen LogP contribution in [0.4, 0.5) is 5.69 Å². The van der Waals surface area contributed by atoms with Crippen molar-refractivity contribution in [3.05, 3.63) is 59.3 Å². The van der Waals surface area contributed by atoms with E-state index in [1.807, 2.05) is 18.2 Å². The zero-order chi connectivity index (χ0) is 16.7. The topological polar surface area (TPSA) is 28.3 Å². The molecule has 0 amide bonds.